The highest BCUT2D eigenvalue weighted by atomic mass is 16.5. The minimum Gasteiger partial charge on any atom is -0.508 e. The van der Waals surface area contributed by atoms with Crippen LogP contribution in [0.3, 0.4) is 0 Å². The van der Waals surface area contributed by atoms with Gasteiger partial charge >= 0.3 is 5.97 Å². The van der Waals surface area contributed by atoms with E-state index in [1.807, 2.05) is 30.3 Å². The predicted molar refractivity (Wildman–Crippen MR) is 117 cm³/mol. The lowest BCUT2D eigenvalue weighted by Gasteiger charge is -2.50. The molecule has 158 valence electrons. The smallest absolute Gasteiger partial charge is 0.306 e. The van der Waals surface area contributed by atoms with Crippen LogP contribution in [0.15, 0.2) is 48.5 Å². The van der Waals surface area contributed by atoms with Crippen LogP contribution in [0.1, 0.15) is 68.1 Å². The van der Waals surface area contributed by atoms with E-state index in [0.717, 1.165) is 32.1 Å². The van der Waals surface area contributed by atoms with Gasteiger partial charge in [-0.1, -0.05) is 43.3 Å². The molecule has 1 N–H and O–H groups in total. The molecule has 3 heteroatoms. The topological polar surface area (TPSA) is 46.5 Å². The number of carbonyl (C=O) groups is 1. The second-order valence-electron chi connectivity index (χ2n) is 9.88. The molecule has 30 heavy (non-hydrogen) atoms. The maximum absolute atomic E-state index is 12.6. The third kappa shape index (κ3) is 3.42. The largest absolute Gasteiger partial charge is 0.508 e. The zero-order chi connectivity index (χ0) is 20.7. The number of fused-ring (bicyclic) bond motifs is 5. The van der Waals surface area contributed by atoms with Gasteiger partial charge in [-0.2, -0.15) is 0 Å². The molecule has 3 aliphatic carbocycles. The van der Waals surface area contributed by atoms with Crippen molar-refractivity contribution in [1.29, 1.82) is 0 Å². The highest BCUT2D eigenvalue weighted by molar-refractivity contribution is 5.70. The van der Waals surface area contributed by atoms with E-state index >= 15 is 0 Å². The average molecular weight is 405 g/mol. The number of aromatic hydroxyl groups is 1. The molecule has 0 aliphatic heterocycles. The zero-order valence-corrected chi connectivity index (χ0v) is 17.8. The van der Waals surface area contributed by atoms with Crippen LogP contribution in [0.5, 0.6) is 5.75 Å². The van der Waals surface area contributed by atoms with Crippen LogP contribution in [-0.4, -0.2) is 17.2 Å². The summed E-state index contributed by atoms with van der Waals surface area (Å²) >= 11 is 0. The molecule has 0 spiro atoms. The summed E-state index contributed by atoms with van der Waals surface area (Å²) in [7, 11) is 0. The molecule has 1 unspecified atom stereocenters. The summed E-state index contributed by atoms with van der Waals surface area (Å²) in [4.78, 5) is 12.6. The maximum Gasteiger partial charge on any atom is 0.306 e. The number of hydrogen-bond acceptors (Lipinski definition) is 3. The Morgan fingerprint density at radius 2 is 1.93 bits per heavy atom. The standard InChI is InChI=1S/C27H32O3/c1-27-16-15-22-21-11-9-20(28)17-19(21)8-10-23(22)24(27)12-13-25(27)30-26(29)14-7-18-5-3-2-4-6-18/h2-6,9,11,17,22-25,28H,7-8,10,12-16H2,1H3/t22-,23-,24+,25?,27+/m1/s1. The highest BCUT2D eigenvalue weighted by Crippen LogP contribution is 2.61. The second-order valence-corrected chi connectivity index (χ2v) is 9.88. The summed E-state index contributed by atoms with van der Waals surface area (Å²) in [5, 5.41) is 9.86. The van der Waals surface area contributed by atoms with Crippen molar-refractivity contribution < 1.29 is 14.6 Å². The fourth-order valence-corrected chi connectivity index (χ4v) is 6.82. The monoisotopic (exact) mass is 404 g/mol. The van der Waals surface area contributed by atoms with Crippen molar-refractivity contribution in [1.82, 2.24) is 0 Å². The molecule has 0 saturated heterocycles. The van der Waals surface area contributed by atoms with E-state index in [4.69, 9.17) is 4.74 Å². The molecule has 0 heterocycles. The third-order valence-corrected chi connectivity index (χ3v) is 8.36. The van der Waals surface area contributed by atoms with Gasteiger partial charge in [0.15, 0.2) is 0 Å². The normalized spacial score (nSPS) is 32.0. The van der Waals surface area contributed by atoms with Gasteiger partial charge in [-0.25, -0.2) is 0 Å². The van der Waals surface area contributed by atoms with Gasteiger partial charge in [-0.15, -0.1) is 0 Å². The Hall–Kier alpha value is -2.29. The molecular formula is C27H32O3. The van der Waals surface area contributed by atoms with E-state index in [9.17, 15) is 9.90 Å². The molecule has 5 rings (SSSR count). The number of rotatable bonds is 4. The number of carbonyl (C=O) groups excluding carboxylic acids is 1. The Labute approximate surface area is 179 Å². The van der Waals surface area contributed by atoms with Gasteiger partial charge in [-0.3, -0.25) is 4.79 Å². The van der Waals surface area contributed by atoms with E-state index in [2.05, 4.69) is 25.1 Å². The van der Waals surface area contributed by atoms with E-state index in [0.29, 0.717) is 29.9 Å². The molecule has 2 fully saturated rings. The molecule has 3 nitrogen and oxygen atoms in total. The van der Waals surface area contributed by atoms with Gasteiger partial charge in [0.05, 0.1) is 0 Å². The van der Waals surface area contributed by atoms with Crippen molar-refractivity contribution in [2.75, 3.05) is 0 Å². The Balaban J connectivity index is 1.26. The quantitative estimate of drug-likeness (QED) is 0.656. The molecule has 0 radical (unpaired) electrons. The number of phenolic OH excluding ortho intramolecular Hbond substituents is 1. The Morgan fingerprint density at radius 3 is 2.77 bits per heavy atom. The summed E-state index contributed by atoms with van der Waals surface area (Å²) in [6.07, 6.45) is 7.97. The Kier molecular flexibility index (Phi) is 5.08. The number of ether oxygens (including phenoxy) is 1. The molecule has 0 aromatic heterocycles. The molecule has 0 amide bonds. The molecule has 2 aromatic carbocycles. The van der Waals surface area contributed by atoms with Crippen LogP contribution >= 0.6 is 0 Å². The molecular weight excluding hydrogens is 372 g/mol. The lowest BCUT2D eigenvalue weighted by molar-refractivity contribution is -0.157. The molecule has 2 aromatic rings. The van der Waals surface area contributed by atoms with Gasteiger partial charge in [0.2, 0.25) is 0 Å². The van der Waals surface area contributed by atoms with E-state index in [1.165, 1.54) is 29.5 Å². The lowest BCUT2D eigenvalue weighted by Crippen LogP contribution is -2.45. The van der Waals surface area contributed by atoms with Crippen molar-refractivity contribution >= 4 is 5.97 Å². The van der Waals surface area contributed by atoms with Crippen LogP contribution in [0.2, 0.25) is 0 Å². The number of esters is 1. The first-order chi connectivity index (χ1) is 14.5. The molecule has 5 atom stereocenters. The van der Waals surface area contributed by atoms with Crippen molar-refractivity contribution in [3.63, 3.8) is 0 Å². The first kappa shape index (κ1) is 19.7. The SMILES string of the molecule is C[C@]12CC[C@@H]3c4ccc(O)cc4CC[C@H]3[C@@H]1CCC2OC(=O)CCc1ccccc1. The maximum atomic E-state index is 12.6. The minimum atomic E-state index is -0.0442. The third-order valence-electron chi connectivity index (χ3n) is 8.36. The van der Waals surface area contributed by atoms with Crippen molar-refractivity contribution in [2.24, 2.45) is 17.3 Å². The summed E-state index contributed by atoms with van der Waals surface area (Å²) < 4.78 is 6.10. The van der Waals surface area contributed by atoms with Gasteiger partial charge in [0, 0.05) is 11.8 Å². The first-order valence-electron chi connectivity index (χ1n) is 11.6. The number of benzene rings is 2. The van der Waals surface area contributed by atoms with E-state index in [1.54, 1.807) is 0 Å². The second kappa shape index (κ2) is 7.76. The van der Waals surface area contributed by atoms with Gasteiger partial charge in [-0.05, 0) is 91.5 Å². The highest BCUT2D eigenvalue weighted by Gasteiger charge is 2.56. The average Bonchev–Trinajstić information content (AvgIpc) is 3.09. The summed E-state index contributed by atoms with van der Waals surface area (Å²) in [5.41, 5.74) is 4.09. The first-order valence-corrected chi connectivity index (χ1v) is 11.6. The fourth-order valence-electron chi connectivity index (χ4n) is 6.82. The van der Waals surface area contributed by atoms with E-state index in [-0.39, 0.29) is 17.5 Å². The van der Waals surface area contributed by atoms with Gasteiger partial charge < -0.3 is 9.84 Å². The van der Waals surface area contributed by atoms with Gasteiger partial charge in [0.1, 0.15) is 11.9 Å². The number of phenols is 1. The van der Waals surface area contributed by atoms with E-state index < -0.39 is 0 Å². The fraction of sp³-hybridized carbons (Fsp3) is 0.519. The summed E-state index contributed by atoms with van der Waals surface area (Å²) in [6.45, 7) is 2.38. The van der Waals surface area contributed by atoms with Crippen LogP contribution < -0.4 is 0 Å². The molecule has 2 saturated carbocycles. The van der Waals surface area contributed by atoms with Crippen LogP contribution in [-0.2, 0) is 22.4 Å². The number of aryl methyl sites for hydroxylation is 2. The lowest BCUT2D eigenvalue weighted by atomic mass is 9.55. The van der Waals surface area contributed by atoms with Crippen molar-refractivity contribution in [3.8, 4) is 5.75 Å². The van der Waals surface area contributed by atoms with Crippen LogP contribution in [0, 0.1) is 17.3 Å². The predicted octanol–water partition coefficient (Wildman–Crippen LogP) is 5.79. The van der Waals surface area contributed by atoms with Crippen LogP contribution in [0.25, 0.3) is 0 Å². The zero-order valence-electron chi connectivity index (χ0n) is 17.8. The Morgan fingerprint density at radius 1 is 1.10 bits per heavy atom. The molecule has 3 aliphatic rings. The Bertz CT molecular complexity index is 921. The number of hydrogen-bond donors (Lipinski definition) is 1. The van der Waals surface area contributed by atoms with Crippen molar-refractivity contribution in [2.45, 2.75) is 70.3 Å². The van der Waals surface area contributed by atoms with Crippen molar-refractivity contribution in [3.05, 3.63) is 65.2 Å². The summed E-state index contributed by atoms with van der Waals surface area (Å²) in [5.74, 6) is 2.24. The minimum absolute atomic E-state index is 0.0442. The summed E-state index contributed by atoms with van der Waals surface area (Å²) in [6, 6.07) is 16.2. The van der Waals surface area contributed by atoms with Gasteiger partial charge in [0.25, 0.3) is 0 Å². The van der Waals surface area contributed by atoms with Crippen LogP contribution in [0.4, 0.5) is 0 Å². The molecule has 0 bridgehead atoms.